The summed E-state index contributed by atoms with van der Waals surface area (Å²) in [4.78, 5) is 4.43. The highest BCUT2D eigenvalue weighted by molar-refractivity contribution is 5.83. The fraction of sp³-hybridized carbons (Fsp3) is 0.500. The largest absolute Gasteiger partial charge is 0.493 e. The second-order valence-electron chi connectivity index (χ2n) is 4.98. The summed E-state index contributed by atoms with van der Waals surface area (Å²) in [7, 11) is 0. The fourth-order valence-electron chi connectivity index (χ4n) is 1.94. The van der Waals surface area contributed by atoms with Gasteiger partial charge in [-0.25, -0.2) is 0 Å². The highest BCUT2D eigenvalue weighted by Gasteiger charge is 2.22. The molecule has 2 rings (SSSR count). The first-order chi connectivity index (χ1) is 8.16. The minimum Gasteiger partial charge on any atom is -0.493 e. The van der Waals surface area contributed by atoms with Crippen molar-refractivity contribution in [3.63, 3.8) is 0 Å². The lowest BCUT2D eigenvalue weighted by Crippen LogP contribution is -2.33. The van der Waals surface area contributed by atoms with Crippen LogP contribution in [0.3, 0.4) is 0 Å². The molecule has 0 aromatic heterocycles. The summed E-state index contributed by atoms with van der Waals surface area (Å²) in [6, 6.07) is 8.13. The highest BCUT2D eigenvalue weighted by Crippen LogP contribution is 2.26. The van der Waals surface area contributed by atoms with Gasteiger partial charge < -0.3 is 10.5 Å². The Morgan fingerprint density at radius 2 is 2.24 bits per heavy atom. The molecule has 0 aliphatic carbocycles. The third kappa shape index (κ3) is 2.99. The zero-order valence-electron chi connectivity index (χ0n) is 10.5. The van der Waals surface area contributed by atoms with Gasteiger partial charge in [-0.3, -0.25) is 4.99 Å². The van der Waals surface area contributed by atoms with Gasteiger partial charge in [0, 0.05) is 6.54 Å². The summed E-state index contributed by atoms with van der Waals surface area (Å²) in [6.45, 7) is 5.72. The average Bonchev–Trinajstić information content (AvgIpc) is 2.35. The smallest absolute Gasteiger partial charge is 0.122 e. The van der Waals surface area contributed by atoms with Crippen LogP contribution in [0.5, 0.6) is 5.75 Å². The molecule has 1 aromatic rings. The van der Waals surface area contributed by atoms with Crippen molar-refractivity contribution in [2.24, 2.45) is 22.6 Å². The Morgan fingerprint density at radius 3 is 3.00 bits per heavy atom. The van der Waals surface area contributed by atoms with Crippen LogP contribution in [-0.2, 0) is 6.42 Å². The maximum Gasteiger partial charge on any atom is 0.122 e. The number of ether oxygens (including phenoxy) is 1. The van der Waals surface area contributed by atoms with E-state index < -0.39 is 0 Å². The van der Waals surface area contributed by atoms with Crippen molar-refractivity contribution < 1.29 is 4.74 Å². The maximum atomic E-state index is 6.02. The molecule has 0 amide bonds. The standard InChI is InChI=1S/C14H20N2O/c1-10(2)8-16-14(15)12-7-11-5-3-4-6-13(11)17-9-12/h3-6,10,12H,7-9H2,1-2H3,(H2,15,16). The minimum atomic E-state index is 0.226. The summed E-state index contributed by atoms with van der Waals surface area (Å²) in [6.07, 6.45) is 0.934. The van der Waals surface area contributed by atoms with Crippen LogP contribution >= 0.6 is 0 Å². The summed E-state index contributed by atoms with van der Waals surface area (Å²) in [5.74, 6) is 2.49. The molecule has 1 unspecified atom stereocenters. The summed E-state index contributed by atoms with van der Waals surface area (Å²) >= 11 is 0. The number of fused-ring (bicyclic) bond motifs is 1. The van der Waals surface area contributed by atoms with Crippen LogP contribution in [0.1, 0.15) is 19.4 Å². The van der Waals surface area contributed by atoms with E-state index in [0.717, 1.165) is 24.6 Å². The van der Waals surface area contributed by atoms with E-state index in [1.165, 1.54) is 5.56 Å². The van der Waals surface area contributed by atoms with E-state index in [1.54, 1.807) is 0 Å². The summed E-state index contributed by atoms with van der Waals surface area (Å²) in [5, 5.41) is 0. The molecule has 3 nitrogen and oxygen atoms in total. The van der Waals surface area contributed by atoms with Gasteiger partial charge in [-0.15, -0.1) is 0 Å². The number of hydrogen-bond acceptors (Lipinski definition) is 2. The van der Waals surface area contributed by atoms with Crippen molar-refractivity contribution in [3.05, 3.63) is 29.8 Å². The van der Waals surface area contributed by atoms with Crippen LogP contribution in [-0.4, -0.2) is 19.0 Å². The molecule has 1 heterocycles. The first kappa shape index (κ1) is 12.0. The second kappa shape index (κ2) is 5.21. The van der Waals surface area contributed by atoms with Gasteiger partial charge in [0.1, 0.15) is 11.6 Å². The van der Waals surface area contributed by atoms with Crippen molar-refractivity contribution in [1.29, 1.82) is 0 Å². The van der Waals surface area contributed by atoms with Crippen molar-refractivity contribution >= 4 is 5.84 Å². The number of aliphatic imine (C=N–C) groups is 1. The Balaban J connectivity index is 2.04. The quantitative estimate of drug-likeness (QED) is 0.642. The Morgan fingerprint density at radius 1 is 1.47 bits per heavy atom. The molecular formula is C14H20N2O. The van der Waals surface area contributed by atoms with Crippen LogP contribution in [0.15, 0.2) is 29.3 Å². The van der Waals surface area contributed by atoms with Gasteiger partial charge >= 0.3 is 0 Å². The predicted octanol–water partition coefficient (Wildman–Crippen LogP) is 2.25. The van der Waals surface area contributed by atoms with Crippen molar-refractivity contribution in [2.75, 3.05) is 13.2 Å². The molecule has 0 saturated carbocycles. The van der Waals surface area contributed by atoms with Gasteiger partial charge in [0.15, 0.2) is 0 Å². The Hall–Kier alpha value is -1.51. The van der Waals surface area contributed by atoms with Crippen LogP contribution < -0.4 is 10.5 Å². The van der Waals surface area contributed by atoms with Crippen LogP contribution in [0.2, 0.25) is 0 Å². The monoisotopic (exact) mass is 232 g/mol. The second-order valence-corrected chi connectivity index (χ2v) is 4.98. The van der Waals surface area contributed by atoms with Crippen molar-refractivity contribution in [3.8, 4) is 5.75 Å². The molecule has 0 spiro atoms. The molecule has 1 aliphatic heterocycles. The lowest BCUT2D eigenvalue weighted by Gasteiger charge is -2.24. The normalized spacial score (nSPS) is 19.9. The molecule has 0 bridgehead atoms. The van der Waals surface area contributed by atoms with Crippen molar-refractivity contribution in [2.45, 2.75) is 20.3 Å². The number of nitrogens with zero attached hydrogens (tertiary/aromatic N) is 1. The fourth-order valence-corrected chi connectivity index (χ4v) is 1.94. The molecule has 0 fully saturated rings. The van der Waals surface area contributed by atoms with Gasteiger partial charge in [-0.2, -0.15) is 0 Å². The highest BCUT2D eigenvalue weighted by atomic mass is 16.5. The van der Waals surface area contributed by atoms with E-state index >= 15 is 0 Å². The van der Waals surface area contributed by atoms with Crippen molar-refractivity contribution in [1.82, 2.24) is 0 Å². The number of amidine groups is 1. The molecule has 1 atom stereocenters. The van der Waals surface area contributed by atoms with Gasteiger partial charge in [0.05, 0.1) is 12.5 Å². The molecule has 3 heteroatoms. The number of para-hydroxylation sites is 1. The van der Waals surface area contributed by atoms with E-state index in [4.69, 9.17) is 10.5 Å². The molecule has 17 heavy (non-hydrogen) atoms. The number of benzene rings is 1. The molecule has 1 aliphatic rings. The molecule has 2 N–H and O–H groups in total. The SMILES string of the molecule is CC(C)CN=C(N)C1COc2ccccc2C1. The van der Waals surface area contributed by atoms with Gasteiger partial charge in [-0.05, 0) is 24.0 Å². The zero-order valence-corrected chi connectivity index (χ0v) is 10.5. The predicted molar refractivity (Wildman–Crippen MR) is 70.5 cm³/mol. The third-order valence-electron chi connectivity index (χ3n) is 2.94. The molecule has 92 valence electrons. The van der Waals surface area contributed by atoms with Gasteiger partial charge in [0.2, 0.25) is 0 Å². The average molecular weight is 232 g/mol. The lowest BCUT2D eigenvalue weighted by molar-refractivity contribution is 0.258. The molecular weight excluding hydrogens is 212 g/mol. The van der Waals surface area contributed by atoms with Gasteiger partial charge in [0.25, 0.3) is 0 Å². The summed E-state index contributed by atoms with van der Waals surface area (Å²) < 4.78 is 5.70. The number of rotatable bonds is 3. The summed E-state index contributed by atoms with van der Waals surface area (Å²) in [5.41, 5.74) is 7.25. The van der Waals surface area contributed by atoms with E-state index in [-0.39, 0.29) is 5.92 Å². The number of nitrogens with two attached hydrogens (primary N) is 1. The van der Waals surface area contributed by atoms with E-state index in [2.05, 4.69) is 24.9 Å². The first-order valence-electron chi connectivity index (χ1n) is 6.17. The Bertz CT molecular complexity index is 412. The lowest BCUT2D eigenvalue weighted by atomic mass is 9.96. The molecule has 1 aromatic carbocycles. The zero-order chi connectivity index (χ0) is 12.3. The first-order valence-corrected chi connectivity index (χ1v) is 6.17. The number of hydrogen-bond donors (Lipinski definition) is 1. The van der Waals surface area contributed by atoms with E-state index in [9.17, 15) is 0 Å². The Labute approximate surface area is 103 Å². The third-order valence-corrected chi connectivity index (χ3v) is 2.94. The van der Waals surface area contributed by atoms with E-state index in [0.29, 0.717) is 12.5 Å². The van der Waals surface area contributed by atoms with Gasteiger partial charge in [-0.1, -0.05) is 32.0 Å². The maximum absolute atomic E-state index is 6.02. The van der Waals surface area contributed by atoms with Crippen LogP contribution in [0.25, 0.3) is 0 Å². The molecule has 0 radical (unpaired) electrons. The Kier molecular flexibility index (Phi) is 3.67. The van der Waals surface area contributed by atoms with E-state index in [1.807, 2.05) is 18.2 Å². The minimum absolute atomic E-state index is 0.226. The van der Waals surface area contributed by atoms with Crippen LogP contribution in [0.4, 0.5) is 0 Å². The van der Waals surface area contributed by atoms with Crippen LogP contribution in [0, 0.1) is 11.8 Å². The topological polar surface area (TPSA) is 47.6 Å². The molecule has 0 saturated heterocycles.